The lowest BCUT2D eigenvalue weighted by Gasteiger charge is -1.84. The van der Waals surface area contributed by atoms with E-state index in [9.17, 15) is 4.79 Å². The number of carbonyl (C=O) groups is 1. The zero-order valence-electron chi connectivity index (χ0n) is 9.52. The summed E-state index contributed by atoms with van der Waals surface area (Å²) in [5, 5.41) is 9.58. The number of aromatic amines is 1. The van der Waals surface area contributed by atoms with E-state index in [1.165, 1.54) is 19.3 Å². The number of nitrogens with one attached hydrogen (secondary N) is 1. The highest BCUT2D eigenvalue weighted by Crippen LogP contribution is 2.14. The Morgan fingerprint density at radius 3 is 2.41 bits per heavy atom. The van der Waals surface area contributed by atoms with Gasteiger partial charge in [-0.25, -0.2) is 4.79 Å². The zero-order chi connectivity index (χ0) is 12.1. The number of aromatic carboxylic acids is 1. The summed E-state index contributed by atoms with van der Waals surface area (Å²) in [4.78, 5) is 13.3. The van der Waals surface area contributed by atoms with Crippen molar-refractivity contribution in [1.82, 2.24) is 4.98 Å². The third-order valence-corrected chi connectivity index (χ3v) is 2.67. The quantitative estimate of drug-likeness (QED) is 0.734. The molecule has 3 nitrogen and oxygen atoms in total. The Balaban J connectivity index is 0.000000181. The van der Waals surface area contributed by atoms with Gasteiger partial charge < -0.3 is 10.1 Å². The number of allylic oxidation sites excluding steroid dienone is 2. The summed E-state index contributed by atoms with van der Waals surface area (Å²) in [5.41, 5.74) is 1.09. The fourth-order valence-corrected chi connectivity index (χ4v) is 1.78. The van der Waals surface area contributed by atoms with Crippen LogP contribution >= 0.6 is 0 Å². The van der Waals surface area contributed by atoms with Gasteiger partial charge in [0.2, 0.25) is 0 Å². The number of H-pyrrole nitrogens is 1. The largest absolute Gasteiger partial charge is 0.477 e. The summed E-state index contributed by atoms with van der Waals surface area (Å²) < 4.78 is 0. The Hall–Kier alpha value is -2.03. The van der Waals surface area contributed by atoms with Gasteiger partial charge in [0.15, 0.2) is 0 Å². The van der Waals surface area contributed by atoms with Crippen LogP contribution in [0.3, 0.4) is 0 Å². The molecular weight excluding hydrogens is 214 g/mol. The van der Waals surface area contributed by atoms with Crippen molar-refractivity contribution in [3.05, 3.63) is 48.2 Å². The normalized spacial score (nSPS) is 13.4. The Labute approximate surface area is 99.8 Å². The second-order valence-electron chi connectivity index (χ2n) is 3.98. The number of fused-ring (bicyclic) bond motifs is 1. The molecule has 1 aliphatic carbocycles. The second-order valence-corrected chi connectivity index (χ2v) is 3.98. The average molecular weight is 229 g/mol. The first-order chi connectivity index (χ1) is 8.27. The predicted molar refractivity (Wildman–Crippen MR) is 68.2 cm³/mol. The smallest absolute Gasteiger partial charge is 0.352 e. The molecular formula is C14H15NO2. The van der Waals surface area contributed by atoms with Gasteiger partial charge in [0, 0.05) is 10.9 Å². The highest BCUT2D eigenvalue weighted by molar-refractivity contribution is 5.93. The molecule has 0 radical (unpaired) electrons. The van der Waals surface area contributed by atoms with E-state index in [-0.39, 0.29) is 5.69 Å². The highest BCUT2D eigenvalue weighted by Gasteiger charge is 2.05. The van der Waals surface area contributed by atoms with Gasteiger partial charge >= 0.3 is 5.97 Å². The monoisotopic (exact) mass is 229 g/mol. The third kappa shape index (κ3) is 2.97. The van der Waals surface area contributed by atoms with Crippen molar-refractivity contribution in [3.8, 4) is 0 Å². The van der Waals surface area contributed by atoms with Crippen molar-refractivity contribution in [2.75, 3.05) is 0 Å². The molecule has 0 bridgehead atoms. The molecule has 0 aliphatic heterocycles. The summed E-state index contributed by atoms with van der Waals surface area (Å²) in [6, 6.07) is 9.09. The predicted octanol–water partition coefficient (Wildman–Crippen LogP) is 3.59. The number of carboxylic acids is 1. The van der Waals surface area contributed by atoms with Crippen molar-refractivity contribution in [2.24, 2.45) is 0 Å². The van der Waals surface area contributed by atoms with Gasteiger partial charge in [-0.2, -0.15) is 0 Å². The van der Waals surface area contributed by atoms with Gasteiger partial charge in [0.1, 0.15) is 5.69 Å². The van der Waals surface area contributed by atoms with Crippen LogP contribution in [-0.2, 0) is 0 Å². The van der Waals surface area contributed by atoms with Crippen LogP contribution in [0, 0.1) is 0 Å². The maximum atomic E-state index is 10.5. The van der Waals surface area contributed by atoms with E-state index in [2.05, 4.69) is 17.1 Å². The first-order valence-electron chi connectivity index (χ1n) is 5.73. The molecule has 88 valence electrons. The molecule has 2 aromatic rings. The number of hydrogen-bond donors (Lipinski definition) is 2. The summed E-state index contributed by atoms with van der Waals surface area (Å²) in [6.45, 7) is 0. The lowest BCUT2D eigenvalue weighted by atomic mass is 10.2. The van der Waals surface area contributed by atoms with Gasteiger partial charge in [-0.15, -0.1) is 0 Å². The van der Waals surface area contributed by atoms with Crippen LogP contribution in [-0.4, -0.2) is 16.1 Å². The van der Waals surface area contributed by atoms with Gasteiger partial charge in [0.05, 0.1) is 0 Å². The van der Waals surface area contributed by atoms with E-state index < -0.39 is 5.97 Å². The minimum atomic E-state index is -0.925. The molecule has 0 fully saturated rings. The minimum absolute atomic E-state index is 0.233. The molecule has 1 aromatic heterocycles. The number of aromatic nitrogens is 1. The van der Waals surface area contributed by atoms with E-state index in [4.69, 9.17) is 5.11 Å². The molecule has 3 rings (SSSR count). The Bertz CT molecular complexity index is 501. The maximum absolute atomic E-state index is 10.5. The zero-order valence-corrected chi connectivity index (χ0v) is 9.52. The standard InChI is InChI=1S/C9H7NO2.C5H8/c11-9(12)8-5-6-3-1-2-4-7(6)10-8;1-2-4-5-3-1/h1-5,10H,(H,11,12);1-2H,3-5H2. The number of rotatable bonds is 1. The SMILES string of the molecule is C1=CCCC1.O=C(O)c1cc2ccccc2[nH]1. The first kappa shape index (κ1) is 11.5. The number of para-hydroxylation sites is 1. The molecule has 0 spiro atoms. The minimum Gasteiger partial charge on any atom is -0.477 e. The first-order valence-corrected chi connectivity index (χ1v) is 5.73. The van der Waals surface area contributed by atoms with E-state index in [1.54, 1.807) is 6.07 Å². The number of hydrogen-bond acceptors (Lipinski definition) is 1. The second kappa shape index (κ2) is 5.34. The average Bonchev–Trinajstić information content (AvgIpc) is 3.01. The van der Waals surface area contributed by atoms with Crippen LogP contribution in [0.25, 0.3) is 10.9 Å². The van der Waals surface area contributed by atoms with Gasteiger partial charge in [-0.1, -0.05) is 30.4 Å². The Kier molecular flexibility index (Phi) is 3.60. The summed E-state index contributed by atoms with van der Waals surface area (Å²) in [6.07, 6.45) is 8.50. The molecule has 1 aliphatic rings. The molecule has 0 saturated carbocycles. The van der Waals surface area contributed by atoms with Crippen molar-refractivity contribution in [1.29, 1.82) is 0 Å². The van der Waals surface area contributed by atoms with Crippen LogP contribution in [0.1, 0.15) is 29.8 Å². The lowest BCUT2D eigenvalue weighted by Crippen LogP contribution is -1.94. The number of benzene rings is 1. The van der Waals surface area contributed by atoms with Gasteiger partial charge in [-0.3, -0.25) is 0 Å². The Morgan fingerprint density at radius 1 is 1.18 bits per heavy atom. The van der Waals surface area contributed by atoms with E-state index >= 15 is 0 Å². The van der Waals surface area contributed by atoms with Crippen LogP contribution in [0.2, 0.25) is 0 Å². The fourth-order valence-electron chi connectivity index (χ4n) is 1.78. The van der Waals surface area contributed by atoms with Crippen LogP contribution < -0.4 is 0 Å². The fraction of sp³-hybridized carbons (Fsp3) is 0.214. The van der Waals surface area contributed by atoms with E-state index in [1.807, 2.05) is 24.3 Å². The van der Waals surface area contributed by atoms with Crippen molar-refractivity contribution in [2.45, 2.75) is 19.3 Å². The van der Waals surface area contributed by atoms with Gasteiger partial charge in [-0.05, 0) is 31.4 Å². The maximum Gasteiger partial charge on any atom is 0.352 e. The summed E-state index contributed by atoms with van der Waals surface area (Å²) in [7, 11) is 0. The molecule has 3 heteroatoms. The summed E-state index contributed by atoms with van der Waals surface area (Å²) >= 11 is 0. The van der Waals surface area contributed by atoms with Crippen molar-refractivity contribution < 1.29 is 9.90 Å². The molecule has 0 atom stereocenters. The lowest BCUT2D eigenvalue weighted by molar-refractivity contribution is 0.0691. The molecule has 1 heterocycles. The van der Waals surface area contributed by atoms with Crippen LogP contribution in [0.15, 0.2) is 42.5 Å². The van der Waals surface area contributed by atoms with E-state index in [0.717, 1.165) is 10.9 Å². The molecule has 0 unspecified atom stereocenters. The summed E-state index contributed by atoms with van der Waals surface area (Å²) in [5.74, 6) is -0.925. The molecule has 0 amide bonds. The highest BCUT2D eigenvalue weighted by atomic mass is 16.4. The van der Waals surface area contributed by atoms with Crippen molar-refractivity contribution in [3.63, 3.8) is 0 Å². The molecule has 17 heavy (non-hydrogen) atoms. The third-order valence-electron chi connectivity index (χ3n) is 2.67. The van der Waals surface area contributed by atoms with Crippen LogP contribution in [0.4, 0.5) is 0 Å². The molecule has 2 N–H and O–H groups in total. The van der Waals surface area contributed by atoms with E-state index in [0.29, 0.717) is 0 Å². The Morgan fingerprint density at radius 2 is 1.88 bits per heavy atom. The molecule has 0 saturated heterocycles. The van der Waals surface area contributed by atoms with Crippen molar-refractivity contribution >= 4 is 16.9 Å². The molecule has 1 aromatic carbocycles. The van der Waals surface area contributed by atoms with Crippen LogP contribution in [0.5, 0.6) is 0 Å². The number of carboxylic acid groups (broad SMARTS) is 1. The topological polar surface area (TPSA) is 53.1 Å². The van der Waals surface area contributed by atoms with Gasteiger partial charge in [0.25, 0.3) is 0 Å².